The van der Waals surface area contributed by atoms with Gasteiger partial charge in [0.25, 0.3) is 0 Å². The summed E-state index contributed by atoms with van der Waals surface area (Å²) in [4.78, 5) is 11.3. The fourth-order valence-corrected chi connectivity index (χ4v) is 2.21. The highest BCUT2D eigenvalue weighted by Crippen LogP contribution is 2.16. The van der Waals surface area contributed by atoms with E-state index in [9.17, 15) is 9.90 Å². The largest absolute Gasteiger partial charge is 0.478 e. The van der Waals surface area contributed by atoms with Gasteiger partial charge in [-0.15, -0.1) is 10.2 Å². The van der Waals surface area contributed by atoms with Crippen LogP contribution in [0, 0.1) is 0 Å². The molecule has 0 spiro atoms. The van der Waals surface area contributed by atoms with Gasteiger partial charge in [0.2, 0.25) is 5.84 Å². The second-order valence-electron chi connectivity index (χ2n) is 5.30. The summed E-state index contributed by atoms with van der Waals surface area (Å²) in [5.41, 5.74) is 4.74. The molecule has 0 radical (unpaired) electrons. The molecular weight excluding hydrogens is 328 g/mol. The second-order valence-corrected chi connectivity index (χ2v) is 5.30. The normalized spacial score (nSPS) is 11.5. The molecule has 26 heavy (non-hydrogen) atoms. The fraction of sp³-hybridized carbons (Fsp3) is 0. The summed E-state index contributed by atoms with van der Waals surface area (Å²) in [7, 11) is 0. The first-order valence-corrected chi connectivity index (χ1v) is 7.92. The smallest absolute Gasteiger partial charge is 0.337 e. The van der Waals surface area contributed by atoms with E-state index in [2.05, 4.69) is 20.8 Å². The zero-order chi connectivity index (χ0) is 18.2. The SMILES string of the molecule is O=C(O)c1ccccc1N/N=C(\N=N\c1ccccc1)c1ccccc1. The molecule has 0 amide bonds. The van der Waals surface area contributed by atoms with Gasteiger partial charge in [0.05, 0.1) is 16.9 Å². The fourth-order valence-electron chi connectivity index (χ4n) is 2.21. The number of hydrogen-bond acceptors (Lipinski definition) is 4. The van der Waals surface area contributed by atoms with Crippen molar-refractivity contribution >= 4 is 23.2 Å². The van der Waals surface area contributed by atoms with Crippen LogP contribution in [0.2, 0.25) is 0 Å². The van der Waals surface area contributed by atoms with Crippen LogP contribution in [0.3, 0.4) is 0 Å². The molecule has 3 aromatic carbocycles. The van der Waals surface area contributed by atoms with E-state index < -0.39 is 5.97 Å². The van der Waals surface area contributed by atoms with E-state index in [-0.39, 0.29) is 5.56 Å². The van der Waals surface area contributed by atoms with E-state index >= 15 is 0 Å². The minimum absolute atomic E-state index is 0.128. The summed E-state index contributed by atoms with van der Waals surface area (Å²) in [6.45, 7) is 0. The number of amidine groups is 1. The van der Waals surface area contributed by atoms with Gasteiger partial charge in [0.15, 0.2) is 0 Å². The molecule has 0 saturated carbocycles. The molecule has 128 valence electrons. The summed E-state index contributed by atoms with van der Waals surface area (Å²) in [5.74, 6) is -0.690. The van der Waals surface area contributed by atoms with Crippen LogP contribution in [0.4, 0.5) is 11.4 Å². The molecule has 0 aliphatic heterocycles. The molecule has 0 bridgehead atoms. The lowest BCUT2D eigenvalue weighted by molar-refractivity contribution is 0.0698. The average Bonchev–Trinajstić information content (AvgIpc) is 2.69. The van der Waals surface area contributed by atoms with Gasteiger partial charge in [-0.1, -0.05) is 60.7 Å². The third-order valence-electron chi connectivity index (χ3n) is 3.49. The Balaban J connectivity index is 1.92. The number of para-hydroxylation sites is 1. The zero-order valence-electron chi connectivity index (χ0n) is 13.8. The highest BCUT2D eigenvalue weighted by molar-refractivity contribution is 6.00. The van der Waals surface area contributed by atoms with Crippen LogP contribution in [-0.4, -0.2) is 16.9 Å². The predicted molar refractivity (Wildman–Crippen MR) is 101 cm³/mol. The number of carboxylic acid groups (broad SMARTS) is 1. The van der Waals surface area contributed by atoms with Crippen molar-refractivity contribution in [1.29, 1.82) is 0 Å². The van der Waals surface area contributed by atoms with Crippen molar-refractivity contribution in [2.45, 2.75) is 0 Å². The van der Waals surface area contributed by atoms with Crippen LogP contribution in [-0.2, 0) is 0 Å². The number of rotatable bonds is 5. The molecule has 0 unspecified atom stereocenters. The van der Waals surface area contributed by atoms with Crippen LogP contribution in [0.25, 0.3) is 0 Å². The standard InChI is InChI=1S/C20H16N4O2/c25-20(26)17-13-7-8-14-18(17)22-24-19(15-9-3-1-4-10-15)23-21-16-11-5-2-6-12-16/h1-14,22H,(H,25,26)/b23-21+,24-19-. The van der Waals surface area contributed by atoms with Gasteiger partial charge in [0, 0.05) is 5.56 Å². The molecule has 0 fully saturated rings. The third kappa shape index (κ3) is 4.39. The topological polar surface area (TPSA) is 86.4 Å². The van der Waals surface area contributed by atoms with Gasteiger partial charge in [-0.25, -0.2) is 4.79 Å². The first-order valence-electron chi connectivity index (χ1n) is 7.92. The Hall–Kier alpha value is -3.80. The Kier molecular flexibility index (Phi) is 5.47. The van der Waals surface area contributed by atoms with E-state index in [0.29, 0.717) is 17.2 Å². The van der Waals surface area contributed by atoms with Gasteiger partial charge in [0.1, 0.15) is 0 Å². The lowest BCUT2D eigenvalue weighted by Crippen LogP contribution is -2.05. The number of hydrazone groups is 1. The van der Waals surface area contributed by atoms with Crippen molar-refractivity contribution < 1.29 is 9.90 Å². The Bertz CT molecular complexity index is 938. The van der Waals surface area contributed by atoms with Crippen LogP contribution in [0.15, 0.2) is 100 Å². The Morgan fingerprint density at radius 1 is 0.808 bits per heavy atom. The van der Waals surface area contributed by atoms with E-state index in [1.165, 1.54) is 6.07 Å². The summed E-state index contributed by atoms with van der Waals surface area (Å²) >= 11 is 0. The van der Waals surface area contributed by atoms with Crippen LogP contribution >= 0.6 is 0 Å². The van der Waals surface area contributed by atoms with Crippen molar-refractivity contribution in [3.63, 3.8) is 0 Å². The van der Waals surface area contributed by atoms with Crippen LogP contribution in [0.1, 0.15) is 15.9 Å². The van der Waals surface area contributed by atoms with Crippen molar-refractivity contribution in [3.8, 4) is 0 Å². The van der Waals surface area contributed by atoms with E-state index in [4.69, 9.17) is 0 Å². The molecule has 0 saturated heterocycles. The van der Waals surface area contributed by atoms with Gasteiger partial charge in [-0.05, 0) is 24.3 Å². The molecule has 3 aromatic rings. The first kappa shape index (κ1) is 17.0. The molecule has 0 aliphatic carbocycles. The van der Waals surface area contributed by atoms with Gasteiger partial charge in [-0.2, -0.15) is 5.10 Å². The minimum Gasteiger partial charge on any atom is -0.478 e. The maximum atomic E-state index is 11.3. The molecule has 6 heteroatoms. The number of azo groups is 1. The molecule has 0 atom stereocenters. The molecule has 2 N–H and O–H groups in total. The zero-order valence-corrected chi connectivity index (χ0v) is 13.8. The number of hydrogen-bond donors (Lipinski definition) is 2. The minimum atomic E-state index is -1.03. The average molecular weight is 344 g/mol. The quantitative estimate of drug-likeness (QED) is 0.297. The third-order valence-corrected chi connectivity index (χ3v) is 3.49. The van der Waals surface area contributed by atoms with Crippen LogP contribution in [0.5, 0.6) is 0 Å². The van der Waals surface area contributed by atoms with E-state index in [1.807, 2.05) is 60.7 Å². The maximum Gasteiger partial charge on any atom is 0.337 e. The van der Waals surface area contributed by atoms with E-state index in [1.54, 1.807) is 18.2 Å². The molecule has 0 aliphatic rings. The molecule has 0 aromatic heterocycles. The number of nitrogens with one attached hydrogen (secondary N) is 1. The molecule has 0 heterocycles. The lowest BCUT2D eigenvalue weighted by Gasteiger charge is -2.06. The molecular formula is C20H16N4O2. The Morgan fingerprint density at radius 2 is 1.42 bits per heavy atom. The maximum absolute atomic E-state index is 11.3. The van der Waals surface area contributed by atoms with Crippen molar-refractivity contribution in [2.24, 2.45) is 15.3 Å². The second kappa shape index (κ2) is 8.34. The first-order chi connectivity index (χ1) is 12.7. The van der Waals surface area contributed by atoms with E-state index in [0.717, 1.165) is 5.56 Å². The number of anilines is 1. The predicted octanol–water partition coefficient (Wildman–Crippen LogP) is 4.94. The van der Waals surface area contributed by atoms with Gasteiger partial charge >= 0.3 is 5.97 Å². The highest BCUT2D eigenvalue weighted by atomic mass is 16.4. The Morgan fingerprint density at radius 3 is 2.12 bits per heavy atom. The summed E-state index contributed by atoms with van der Waals surface area (Å²) < 4.78 is 0. The van der Waals surface area contributed by atoms with Gasteiger partial charge in [-0.3, -0.25) is 5.43 Å². The van der Waals surface area contributed by atoms with Gasteiger partial charge < -0.3 is 5.11 Å². The summed E-state index contributed by atoms with van der Waals surface area (Å²) in [6, 6.07) is 25.2. The Labute approximate surface area is 150 Å². The lowest BCUT2D eigenvalue weighted by atomic mass is 10.2. The molecule has 6 nitrogen and oxygen atoms in total. The highest BCUT2D eigenvalue weighted by Gasteiger charge is 2.09. The van der Waals surface area contributed by atoms with Crippen molar-refractivity contribution in [3.05, 3.63) is 96.1 Å². The number of nitrogens with zero attached hydrogens (tertiary/aromatic N) is 3. The number of carbonyl (C=O) groups is 1. The summed E-state index contributed by atoms with van der Waals surface area (Å²) in [5, 5.41) is 21.9. The number of benzene rings is 3. The number of carboxylic acids is 1. The number of aromatic carboxylic acids is 1. The van der Waals surface area contributed by atoms with Crippen molar-refractivity contribution in [1.82, 2.24) is 0 Å². The summed E-state index contributed by atoms with van der Waals surface area (Å²) in [6.07, 6.45) is 0. The monoisotopic (exact) mass is 344 g/mol. The van der Waals surface area contributed by atoms with Crippen molar-refractivity contribution in [2.75, 3.05) is 5.43 Å². The molecule has 3 rings (SSSR count). The van der Waals surface area contributed by atoms with Crippen LogP contribution < -0.4 is 5.43 Å².